The maximum Gasteiger partial charge on any atom is 0.124 e. The van der Waals surface area contributed by atoms with Crippen LogP contribution in [-0.2, 0) is 13.1 Å². The SMILES string of the molecule is Cc1cc2n(n1)CC(CNCc1ccccc1-n1ccnc1)CN2. The number of hydrogen-bond acceptors (Lipinski definition) is 4. The van der Waals surface area contributed by atoms with Gasteiger partial charge in [-0.2, -0.15) is 5.10 Å². The first-order chi connectivity index (χ1) is 11.8. The first kappa shape index (κ1) is 15.0. The van der Waals surface area contributed by atoms with E-state index in [2.05, 4.69) is 60.3 Å². The molecule has 0 fully saturated rings. The smallest absolute Gasteiger partial charge is 0.124 e. The molecule has 1 aliphatic rings. The Bertz CT molecular complexity index is 805. The number of aryl methyl sites for hydroxylation is 1. The van der Waals surface area contributed by atoms with E-state index in [0.29, 0.717) is 5.92 Å². The molecule has 1 unspecified atom stereocenters. The summed E-state index contributed by atoms with van der Waals surface area (Å²) < 4.78 is 4.13. The number of hydrogen-bond donors (Lipinski definition) is 2. The minimum absolute atomic E-state index is 0.539. The van der Waals surface area contributed by atoms with Crippen LogP contribution in [0.2, 0.25) is 0 Å². The lowest BCUT2D eigenvalue weighted by Crippen LogP contribution is -2.35. The summed E-state index contributed by atoms with van der Waals surface area (Å²) in [7, 11) is 0. The van der Waals surface area contributed by atoms with E-state index in [0.717, 1.165) is 37.7 Å². The van der Waals surface area contributed by atoms with Gasteiger partial charge >= 0.3 is 0 Å². The van der Waals surface area contributed by atoms with Crippen LogP contribution in [0.5, 0.6) is 0 Å². The summed E-state index contributed by atoms with van der Waals surface area (Å²) in [5.74, 6) is 1.67. The number of aromatic nitrogens is 4. The van der Waals surface area contributed by atoms with Crippen molar-refractivity contribution in [1.82, 2.24) is 24.6 Å². The van der Waals surface area contributed by atoms with Gasteiger partial charge in [0.1, 0.15) is 5.82 Å². The van der Waals surface area contributed by atoms with Crippen LogP contribution >= 0.6 is 0 Å². The summed E-state index contributed by atoms with van der Waals surface area (Å²) in [6, 6.07) is 10.5. The predicted octanol–water partition coefficient (Wildman–Crippen LogP) is 2.21. The first-order valence-electron chi connectivity index (χ1n) is 8.35. The van der Waals surface area contributed by atoms with Crippen molar-refractivity contribution in [3.8, 4) is 5.69 Å². The van der Waals surface area contributed by atoms with E-state index < -0.39 is 0 Å². The molecule has 6 nitrogen and oxygen atoms in total. The van der Waals surface area contributed by atoms with Crippen molar-refractivity contribution in [1.29, 1.82) is 0 Å². The van der Waals surface area contributed by atoms with Crippen LogP contribution in [0.1, 0.15) is 11.3 Å². The summed E-state index contributed by atoms with van der Waals surface area (Å²) in [5, 5.41) is 11.6. The van der Waals surface area contributed by atoms with Crippen LogP contribution in [-0.4, -0.2) is 32.4 Å². The molecule has 0 saturated heterocycles. The third-order valence-corrected chi connectivity index (χ3v) is 4.43. The van der Waals surface area contributed by atoms with E-state index in [1.54, 1.807) is 0 Å². The van der Waals surface area contributed by atoms with Crippen molar-refractivity contribution in [3.05, 3.63) is 60.3 Å². The van der Waals surface area contributed by atoms with Crippen molar-refractivity contribution >= 4 is 5.82 Å². The van der Waals surface area contributed by atoms with Gasteiger partial charge in [0.15, 0.2) is 0 Å². The summed E-state index contributed by atoms with van der Waals surface area (Å²) in [4.78, 5) is 4.14. The molecule has 0 bridgehead atoms. The molecule has 0 aliphatic carbocycles. The Hall–Kier alpha value is -2.60. The Kier molecular flexibility index (Phi) is 4.04. The molecule has 1 aliphatic heterocycles. The molecule has 2 N–H and O–H groups in total. The molecule has 3 heterocycles. The summed E-state index contributed by atoms with van der Waals surface area (Å²) in [6.07, 6.45) is 5.62. The minimum atomic E-state index is 0.539. The Morgan fingerprint density at radius 2 is 2.25 bits per heavy atom. The highest BCUT2D eigenvalue weighted by Gasteiger charge is 2.18. The number of rotatable bonds is 5. The largest absolute Gasteiger partial charge is 0.370 e. The summed E-state index contributed by atoms with van der Waals surface area (Å²) in [6.45, 7) is 5.79. The number of fused-ring (bicyclic) bond motifs is 1. The summed E-state index contributed by atoms with van der Waals surface area (Å²) >= 11 is 0. The molecule has 0 spiro atoms. The monoisotopic (exact) mass is 322 g/mol. The van der Waals surface area contributed by atoms with Gasteiger partial charge in [0.05, 0.1) is 17.7 Å². The zero-order chi connectivity index (χ0) is 16.4. The molecular weight excluding hydrogens is 300 g/mol. The van der Waals surface area contributed by atoms with Gasteiger partial charge in [-0.1, -0.05) is 18.2 Å². The average Bonchev–Trinajstić information content (AvgIpc) is 3.23. The van der Waals surface area contributed by atoms with Gasteiger partial charge in [-0.3, -0.25) is 0 Å². The zero-order valence-electron chi connectivity index (χ0n) is 13.8. The van der Waals surface area contributed by atoms with Gasteiger partial charge in [-0.15, -0.1) is 0 Å². The standard InChI is InChI=1S/C18H22N6/c1-14-8-18-21-10-15(12-24(18)22-14)9-20-11-16-4-2-3-5-17(16)23-7-6-19-13-23/h2-8,13,15,20-21H,9-12H2,1H3. The van der Waals surface area contributed by atoms with E-state index in [1.165, 1.54) is 11.3 Å². The molecule has 1 atom stereocenters. The molecular formula is C18H22N6. The second-order valence-corrected chi connectivity index (χ2v) is 6.33. The molecule has 24 heavy (non-hydrogen) atoms. The molecule has 4 rings (SSSR count). The molecule has 0 amide bonds. The zero-order valence-corrected chi connectivity index (χ0v) is 13.8. The van der Waals surface area contributed by atoms with Gasteiger partial charge in [0.25, 0.3) is 0 Å². The van der Waals surface area contributed by atoms with Crippen molar-refractivity contribution in [2.45, 2.75) is 20.0 Å². The minimum Gasteiger partial charge on any atom is -0.370 e. The number of nitrogens with one attached hydrogen (secondary N) is 2. The summed E-state index contributed by atoms with van der Waals surface area (Å²) in [5.41, 5.74) is 3.52. The quantitative estimate of drug-likeness (QED) is 0.756. The molecule has 6 heteroatoms. The molecule has 0 radical (unpaired) electrons. The molecule has 1 aromatic carbocycles. The van der Waals surface area contributed by atoms with Crippen LogP contribution in [0.4, 0.5) is 5.82 Å². The maximum atomic E-state index is 4.53. The number of nitrogens with zero attached hydrogens (tertiary/aromatic N) is 4. The Labute approximate surface area is 141 Å². The van der Waals surface area contributed by atoms with Crippen LogP contribution in [0, 0.1) is 12.8 Å². The Morgan fingerprint density at radius 1 is 1.33 bits per heavy atom. The lowest BCUT2D eigenvalue weighted by atomic mass is 10.1. The van der Waals surface area contributed by atoms with Gasteiger partial charge in [-0.05, 0) is 18.6 Å². The molecule has 2 aromatic heterocycles. The number of anilines is 1. The van der Waals surface area contributed by atoms with E-state index in [9.17, 15) is 0 Å². The molecule has 0 saturated carbocycles. The fourth-order valence-corrected chi connectivity index (χ4v) is 3.25. The second-order valence-electron chi connectivity index (χ2n) is 6.33. The van der Waals surface area contributed by atoms with Gasteiger partial charge in [0.2, 0.25) is 0 Å². The van der Waals surface area contributed by atoms with Crippen molar-refractivity contribution in [3.63, 3.8) is 0 Å². The van der Waals surface area contributed by atoms with Crippen molar-refractivity contribution in [2.24, 2.45) is 5.92 Å². The maximum absolute atomic E-state index is 4.53. The average molecular weight is 322 g/mol. The highest BCUT2D eigenvalue weighted by atomic mass is 15.3. The normalized spacial score (nSPS) is 16.6. The third-order valence-electron chi connectivity index (χ3n) is 4.43. The molecule has 124 valence electrons. The Balaban J connectivity index is 1.37. The fourth-order valence-electron chi connectivity index (χ4n) is 3.25. The van der Waals surface area contributed by atoms with Crippen molar-refractivity contribution in [2.75, 3.05) is 18.4 Å². The third kappa shape index (κ3) is 3.05. The van der Waals surface area contributed by atoms with E-state index in [4.69, 9.17) is 0 Å². The predicted molar refractivity (Wildman–Crippen MR) is 94.2 cm³/mol. The van der Waals surface area contributed by atoms with Gasteiger partial charge < -0.3 is 15.2 Å². The highest BCUT2D eigenvalue weighted by Crippen LogP contribution is 2.18. The Morgan fingerprint density at radius 3 is 3.12 bits per heavy atom. The van der Waals surface area contributed by atoms with Crippen LogP contribution < -0.4 is 10.6 Å². The van der Waals surface area contributed by atoms with Gasteiger partial charge in [-0.25, -0.2) is 9.67 Å². The van der Waals surface area contributed by atoms with E-state index >= 15 is 0 Å². The highest BCUT2D eigenvalue weighted by molar-refractivity contribution is 5.41. The topological polar surface area (TPSA) is 59.7 Å². The first-order valence-corrected chi connectivity index (χ1v) is 8.35. The van der Waals surface area contributed by atoms with Crippen LogP contribution in [0.25, 0.3) is 5.69 Å². The van der Waals surface area contributed by atoms with Crippen LogP contribution in [0.15, 0.2) is 49.1 Å². The lowest BCUT2D eigenvalue weighted by molar-refractivity contribution is 0.390. The molecule has 3 aromatic rings. The van der Waals surface area contributed by atoms with Crippen LogP contribution in [0.3, 0.4) is 0 Å². The second kappa shape index (κ2) is 6.49. The number of imidazole rings is 1. The van der Waals surface area contributed by atoms with E-state index in [1.807, 2.05) is 25.6 Å². The van der Waals surface area contributed by atoms with Gasteiger partial charge in [0, 0.05) is 50.6 Å². The number of benzene rings is 1. The van der Waals surface area contributed by atoms with E-state index in [-0.39, 0.29) is 0 Å². The van der Waals surface area contributed by atoms with Crippen molar-refractivity contribution < 1.29 is 0 Å². The lowest BCUT2D eigenvalue weighted by Gasteiger charge is -2.25. The number of para-hydroxylation sites is 1. The fraction of sp³-hybridized carbons (Fsp3) is 0.333.